The number of hydrogen-bond acceptors (Lipinski definition) is 6. The highest BCUT2D eigenvalue weighted by atomic mass is 35.5. The normalized spacial score (nSPS) is 26.5. The minimum absolute atomic E-state index is 0.0159. The molecule has 2 fully saturated rings. The monoisotopic (exact) mass is 531 g/mol. The molecule has 2 amide bonds. The van der Waals surface area contributed by atoms with Gasteiger partial charge in [0, 0.05) is 31.7 Å². The third kappa shape index (κ3) is 3.45. The zero-order valence-electron chi connectivity index (χ0n) is 20.2. The predicted octanol–water partition coefficient (Wildman–Crippen LogP) is 2.09. The second-order valence-electron chi connectivity index (χ2n) is 10.5. The number of ether oxygens (including phenoxy) is 1. The van der Waals surface area contributed by atoms with Crippen LogP contribution in [0, 0.1) is 17.7 Å². The summed E-state index contributed by atoms with van der Waals surface area (Å²) in [7, 11) is 1.46. The lowest BCUT2D eigenvalue weighted by atomic mass is 9.95. The van der Waals surface area contributed by atoms with Gasteiger partial charge >= 0.3 is 0 Å². The van der Waals surface area contributed by atoms with Gasteiger partial charge in [-0.05, 0) is 49.3 Å². The smallest absolute Gasteiger partial charge is 0.296 e. The van der Waals surface area contributed by atoms with Gasteiger partial charge in [0.2, 0.25) is 0 Å². The number of carbonyl (C=O) groups is 2. The number of nitrogens with zero attached hydrogens (tertiary/aromatic N) is 3. The minimum atomic E-state index is -0.958. The summed E-state index contributed by atoms with van der Waals surface area (Å²) in [4.78, 5) is 44.1. The molecule has 4 unspecified atom stereocenters. The van der Waals surface area contributed by atoms with Crippen LogP contribution in [0.2, 0.25) is 5.02 Å². The van der Waals surface area contributed by atoms with Gasteiger partial charge in [-0.15, -0.1) is 0 Å². The van der Waals surface area contributed by atoms with E-state index in [2.05, 4.69) is 0 Å². The number of aromatic hydroxyl groups is 1. The van der Waals surface area contributed by atoms with Crippen molar-refractivity contribution in [3.63, 3.8) is 0 Å². The summed E-state index contributed by atoms with van der Waals surface area (Å²) in [5, 5.41) is 21.5. The Kier molecular flexibility index (Phi) is 5.63. The van der Waals surface area contributed by atoms with E-state index in [9.17, 15) is 29.0 Å². The van der Waals surface area contributed by atoms with E-state index >= 15 is 0 Å². The maximum Gasteiger partial charge on any atom is 0.296 e. The van der Waals surface area contributed by atoms with Crippen LogP contribution in [0.1, 0.15) is 51.2 Å². The Morgan fingerprint density at radius 3 is 2.70 bits per heavy atom. The SMILES string of the molecule is COCC(O)CN1C(=O)c2c3c(c(O)c(=O)n2C12CCC1CC12)C(=O)N(Cc1ccc(F)c(Cl)c1)CC3. The van der Waals surface area contributed by atoms with Crippen LogP contribution in [0.3, 0.4) is 0 Å². The van der Waals surface area contributed by atoms with Crippen LogP contribution in [0.25, 0.3) is 0 Å². The van der Waals surface area contributed by atoms with Crippen molar-refractivity contribution in [1.82, 2.24) is 14.4 Å². The first-order valence-corrected chi connectivity index (χ1v) is 12.8. The molecule has 6 rings (SSSR count). The average Bonchev–Trinajstić information content (AvgIpc) is 3.51. The van der Waals surface area contributed by atoms with Crippen LogP contribution in [0.4, 0.5) is 4.39 Å². The average molecular weight is 532 g/mol. The lowest BCUT2D eigenvalue weighted by Gasteiger charge is -2.39. The molecule has 37 heavy (non-hydrogen) atoms. The number of benzene rings is 1. The fourth-order valence-electron chi connectivity index (χ4n) is 6.74. The molecule has 0 bridgehead atoms. The molecule has 196 valence electrons. The summed E-state index contributed by atoms with van der Waals surface area (Å²) in [6.07, 6.45) is 1.55. The van der Waals surface area contributed by atoms with Crippen molar-refractivity contribution in [3.05, 3.63) is 61.8 Å². The molecule has 2 saturated carbocycles. The van der Waals surface area contributed by atoms with Crippen molar-refractivity contribution in [3.8, 4) is 5.75 Å². The van der Waals surface area contributed by atoms with E-state index in [1.165, 1.54) is 34.8 Å². The number of carbonyl (C=O) groups excluding carboxylic acids is 2. The second kappa shape index (κ2) is 8.54. The molecular formula is C26H27ClFN3O6. The molecule has 3 heterocycles. The zero-order valence-corrected chi connectivity index (χ0v) is 21.0. The van der Waals surface area contributed by atoms with Crippen molar-refractivity contribution < 1.29 is 28.9 Å². The Morgan fingerprint density at radius 2 is 2.05 bits per heavy atom. The number of methoxy groups -OCH3 is 1. The molecule has 2 aliphatic heterocycles. The van der Waals surface area contributed by atoms with Crippen LogP contribution in [0.5, 0.6) is 5.75 Å². The number of rotatable bonds is 6. The lowest BCUT2D eigenvalue weighted by molar-refractivity contribution is -0.0167. The van der Waals surface area contributed by atoms with Gasteiger partial charge in [0.05, 0.1) is 29.8 Å². The van der Waals surface area contributed by atoms with Crippen molar-refractivity contribution in [2.45, 2.75) is 44.0 Å². The summed E-state index contributed by atoms with van der Waals surface area (Å²) in [5.74, 6) is -1.79. The van der Waals surface area contributed by atoms with Crippen LogP contribution < -0.4 is 5.56 Å². The first kappa shape index (κ1) is 24.4. The van der Waals surface area contributed by atoms with Crippen LogP contribution >= 0.6 is 11.6 Å². The highest BCUT2D eigenvalue weighted by molar-refractivity contribution is 6.30. The van der Waals surface area contributed by atoms with Gasteiger partial charge in [0.25, 0.3) is 17.4 Å². The van der Waals surface area contributed by atoms with Crippen molar-refractivity contribution in [2.75, 3.05) is 26.8 Å². The van der Waals surface area contributed by atoms with E-state index in [1.807, 2.05) is 0 Å². The first-order valence-electron chi connectivity index (χ1n) is 12.4. The van der Waals surface area contributed by atoms with E-state index in [4.69, 9.17) is 16.3 Å². The Balaban J connectivity index is 1.43. The number of pyridine rings is 1. The molecule has 2 aliphatic carbocycles. The number of aliphatic hydroxyl groups is 1. The lowest BCUT2D eigenvalue weighted by Crippen LogP contribution is -2.53. The van der Waals surface area contributed by atoms with Gasteiger partial charge in [-0.25, -0.2) is 4.39 Å². The quantitative estimate of drug-likeness (QED) is 0.590. The molecule has 0 saturated heterocycles. The Bertz CT molecular complexity index is 1400. The third-order valence-corrected chi connectivity index (χ3v) is 8.69. The van der Waals surface area contributed by atoms with E-state index in [0.29, 0.717) is 23.5 Å². The summed E-state index contributed by atoms with van der Waals surface area (Å²) in [6, 6.07) is 4.16. The van der Waals surface area contributed by atoms with Crippen LogP contribution in [-0.2, 0) is 23.4 Å². The standard InChI is InChI=1S/C26H27ClFN3O6/c1-37-12-15(32)11-30-24(35)21-16-5-7-29(10-13-2-3-19(28)18(27)8-13)23(34)20(16)22(33)25(36)31(21)26(30)6-4-14-9-17(14)26/h2-3,8,14-15,17,32-33H,4-7,9-12H2,1H3. The zero-order chi connectivity index (χ0) is 26.2. The summed E-state index contributed by atoms with van der Waals surface area (Å²) in [6.45, 7) is 0.360. The Hall–Kier alpha value is -2.95. The van der Waals surface area contributed by atoms with E-state index in [-0.39, 0.29) is 54.9 Å². The van der Waals surface area contributed by atoms with Crippen molar-refractivity contribution in [2.24, 2.45) is 11.8 Å². The number of fused-ring (bicyclic) bond motifs is 6. The highest BCUT2D eigenvalue weighted by Crippen LogP contribution is 2.64. The van der Waals surface area contributed by atoms with Gasteiger partial charge in [-0.3, -0.25) is 19.0 Å². The number of β-amino-alcohol motifs (C(OH)–C–C–N with tert-alkyl or cyclic N) is 1. The summed E-state index contributed by atoms with van der Waals surface area (Å²) in [5.41, 5.74) is -0.803. The van der Waals surface area contributed by atoms with E-state index < -0.39 is 40.7 Å². The first-order chi connectivity index (χ1) is 17.7. The maximum atomic E-state index is 13.9. The van der Waals surface area contributed by atoms with Gasteiger partial charge in [-0.1, -0.05) is 17.7 Å². The molecular weight excluding hydrogens is 505 g/mol. The third-order valence-electron chi connectivity index (χ3n) is 8.40. The second-order valence-corrected chi connectivity index (χ2v) is 10.9. The number of aromatic nitrogens is 1. The summed E-state index contributed by atoms with van der Waals surface area (Å²) < 4.78 is 20.1. The number of amides is 2. The van der Waals surface area contributed by atoms with Crippen molar-refractivity contribution >= 4 is 23.4 Å². The highest BCUT2D eigenvalue weighted by Gasteiger charge is 2.67. The number of aliphatic hydroxyl groups excluding tert-OH is 1. The largest absolute Gasteiger partial charge is 0.502 e. The van der Waals surface area contributed by atoms with Gasteiger partial charge in [0.15, 0.2) is 5.75 Å². The molecule has 2 aromatic rings. The number of hydrogen-bond donors (Lipinski definition) is 2. The topological polar surface area (TPSA) is 112 Å². The molecule has 0 radical (unpaired) electrons. The van der Waals surface area contributed by atoms with Gasteiger partial charge < -0.3 is 24.7 Å². The number of halogens is 2. The molecule has 1 spiro atoms. The van der Waals surface area contributed by atoms with Crippen LogP contribution in [-0.4, -0.2) is 69.3 Å². The Morgan fingerprint density at radius 1 is 1.27 bits per heavy atom. The molecule has 1 aromatic heterocycles. The van der Waals surface area contributed by atoms with E-state index in [0.717, 1.165) is 12.8 Å². The van der Waals surface area contributed by atoms with Gasteiger partial charge in [-0.2, -0.15) is 0 Å². The van der Waals surface area contributed by atoms with Gasteiger partial charge in [0.1, 0.15) is 17.2 Å². The molecule has 11 heteroatoms. The molecule has 1 aromatic carbocycles. The molecule has 2 N–H and O–H groups in total. The molecule has 4 aliphatic rings. The fraction of sp³-hybridized carbons (Fsp3) is 0.500. The van der Waals surface area contributed by atoms with Crippen LogP contribution in [0.15, 0.2) is 23.0 Å². The summed E-state index contributed by atoms with van der Waals surface area (Å²) >= 11 is 5.89. The molecule has 9 nitrogen and oxygen atoms in total. The van der Waals surface area contributed by atoms with E-state index in [1.54, 1.807) is 4.90 Å². The Labute approximate surface area is 217 Å². The molecule has 4 atom stereocenters. The minimum Gasteiger partial charge on any atom is -0.502 e. The van der Waals surface area contributed by atoms with Crippen molar-refractivity contribution in [1.29, 1.82) is 0 Å². The maximum absolute atomic E-state index is 13.9. The fourth-order valence-corrected chi connectivity index (χ4v) is 6.95. The predicted molar refractivity (Wildman–Crippen MR) is 130 cm³/mol.